The van der Waals surface area contributed by atoms with Crippen LogP contribution in [0.2, 0.25) is 0 Å². The van der Waals surface area contributed by atoms with E-state index >= 15 is 0 Å². The number of rotatable bonds is 2. The Labute approximate surface area is 102 Å². The zero-order valence-corrected chi connectivity index (χ0v) is 10.4. The molecule has 1 heterocycles. The maximum atomic E-state index is 5.73. The average molecular weight is 314 g/mol. The molecule has 0 aliphatic heterocycles. The summed E-state index contributed by atoms with van der Waals surface area (Å²) in [6, 6.07) is 7.92. The molecule has 2 aromatic rings. The van der Waals surface area contributed by atoms with Crippen molar-refractivity contribution in [2.75, 3.05) is 0 Å². The lowest BCUT2D eigenvalue weighted by Gasteiger charge is -2.02. The molecule has 2 rings (SSSR count). The molecule has 0 saturated heterocycles. The van der Waals surface area contributed by atoms with Crippen molar-refractivity contribution in [3.05, 3.63) is 39.7 Å². The highest BCUT2D eigenvalue weighted by Gasteiger charge is 2.07. The van der Waals surface area contributed by atoms with Gasteiger partial charge >= 0.3 is 0 Å². The lowest BCUT2D eigenvalue weighted by Crippen LogP contribution is -2.04. The molecule has 0 spiro atoms. The topological polar surface area (TPSA) is 56.7 Å². The van der Waals surface area contributed by atoms with Crippen LogP contribution in [-0.4, -0.2) is 15.0 Å². The van der Waals surface area contributed by atoms with Gasteiger partial charge in [-0.25, -0.2) is 4.68 Å². The van der Waals surface area contributed by atoms with Gasteiger partial charge in [-0.15, -0.1) is 5.10 Å². The molecule has 0 fully saturated rings. The first kappa shape index (κ1) is 10.6. The van der Waals surface area contributed by atoms with Gasteiger partial charge < -0.3 is 5.73 Å². The van der Waals surface area contributed by atoms with Crippen LogP contribution in [-0.2, 0) is 0 Å². The lowest BCUT2D eigenvalue weighted by molar-refractivity contribution is 0.756. The van der Waals surface area contributed by atoms with Gasteiger partial charge in [0.05, 0.1) is 17.6 Å². The van der Waals surface area contributed by atoms with Gasteiger partial charge in [0.25, 0.3) is 0 Å². The van der Waals surface area contributed by atoms with E-state index < -0.39 is 0 Å². The van der Waals surface area contributed by atoms with E-state index in [-0.39, 0.29) is 6.04 Å². The van der Waals surface area contributed by atoms with Crippen molar-refractivity contribution in [2.24, 2.45) is 5.73 Å². The van der Waals surface area contributed by atoms with E-state index in [4.69, 9.17) is 5.73 Å². The first-order valence-electron chi connectivity index (χ1n) is 4.61. The molecule has 0 radical (unpaired) electrons. The quantitative estimate of drug-likeness (QED) is 0.861. The number of para-hydroxylation sites is 1. The van der Waals surface area contributed by atoms with Crippen molar-refractivity contribution in [3.63, 3.8) is 0 Å². The summed E-state index contributed by atoms with van der Waals surface area (Å²) in [7, 11) is 0. The van der Waals surface area contributed by atoms with Crippen LogP contribution in [0.3, 0.4) is 0 Å². The number of hydrogen-bond donors (Lipinski definition) is 1. The van der Waals surface area contributed by atoms with Crippen LogP contribution in [0, 0.1) is 3.57 Å². The molecule has 0 amide bonds. The second-order valence-corrected chi connectivity index (χ2v) is 4.49. The molecule has 2 N–H and O–H groups in total. The van der Waals surface area contributed by atoms with Crippen molar-refractivity contribution in [1.82, 2.24) is 15.0 Å². The number of benzene rings is 1. The van der Waals surface area contributed by atoms with Crippen LogP contribution in [0.1, 0.15) is 18.7 Å². The van der Waals surface area contributed by atoms with Crippen LogP contribution < -0.4 is 5.73 Å². The van der Waals surface area contributed by atoms with Crippen molar-refractivity contribution in [3.8, 4) is 5.69 Å². The summed E-state index contributed by atoms with van der Waals surface area (Å²) in [5.41, 5.74) is 7.55. The minimum absolute atomic E-state index is 0.0832. The summed E-state index contributed by atoms with van der Waals surface area (Å²) in [6.45, 7) is 1.89. The molecule has 0 saturated carbocycles. The second-order valence-electron chi connectivity index (χ2n) is 3.33. The maximum absolute atomic E-state index is 5.73. The van der Waals surface area contributed by atoms with Gasteiger partial charge in [-0.1, -0.05) is 17.3 Å². The Bertz CT molecular complexity index is 464. The van der Waals surface area contributed by atoms with Gasteiger partial charge in [-0.05, 0) is 41.6 Å². The van der Waals surface area contributed by atoms with E-state index in [0.717, 1.165) is 15.0 Å². The summed E-state index contributed by atoms with van der Waals surface area (Å²) in [5, 5.41) is 8.07. The Balaban J connectivity index is 2.42. The summed E-state index contributed by atoms with van der Waals surface area (Å²) in [5.74, 6) is 0. The van der Waals surface area contributed by atoms with Gasteiger partial charge in [-0.2, -0.15) is 0 Å². The van der Waals surface area contributed by atoms with Gasteiger partial charge in [0.1, 0.15) is 0 Å². The second kappa shape index (κ2) is 4.28. The monoisotopic (exact) mass is 314 g/mol. The van der Waals surface area contributed by atoms with E-state index in [1.165, 1.54) is 0 Å². The van der Waals surface area contributed by atoms with E-state index in [1.54, 1.807) is 4.68 Å². The Kier molecular flexibility index (Phi) is 3.01. The number of halogens is 1. The number of hydrogen-bond acceptors (Lipinski definition) is 3. The smallest absolute Gasteiger partial charge is 0.0995 e. The van der Waals surface area contributed by atoms with Crippen LogP contribution >= 0.6 is 22.6 Å². The third-order valence-corrected chi connectivity index (χ3v) is 2.99. The molecule has 0 bridgehead atoms. The molecule has 0 aliphatic rings. The predicted molar refractivity (Wildman–Crippen MR) is 66.7 cm³/mol. The molecule has 0 aliphatic carbocycles. The van der Waals surface area contributed by atoms with Crippen LogP contribution in [0.15, 0.2) is 30.5 Å². The van der Waals surface area contributed by atoms with Gasteiger partial charge in [0, 0.05) is 9.61 Å². The van der Waals surface area contributed by atoms with E-state index in [1.807, 2.05) is 37.4 Å². The number of aromatic nitrogens is 3. The standard InChI is InChI=1S/C10H11IN4/c1-7(12)9-6-15(14-13-9)10-5-3-2-4-8(10)11/h2-7H,12H2,1H3. The zero-order valence-electron chi connectivity index (χ0n) is 8.26. The molecule has 1 aromatic carbocycles. The van der Waals surface area contributed by atoms with Crippen LogP contribution in [0.25, 0.3) is 5.69 Å². The van der Waals surface area contributed by atoms with Crippen molar-refractivity contribution in [2.45, 2.75) is 13.0 Å². The molecular weight excluding hydrogens is 303 g/mol. The Hall–Kier alpha value is -0.950. The summed E-state index contributed by atoms with van der Waals surface area (Å²) in [4.78, 5) is 0. The molecular formula is C10H11IN4. The largest absolute Gasteiger partial charge is 0.323 e. The van der Waals surface area contributed by atoms with Gasteiger partial charge in [0.2, 0.25) is 0 Å². The number of nitrogens with two attached hydrogens (primary N) is 1. The van der Waals surface area contributed by atoms with Crippen molar-refractivity contribution in [1.29, 1.82) is 0 Å². The van der Waals surface area contributed by atoms with Crippen LogP contribution in [0.5, 0.6) is 0 Å². The van der Waals surface area contributed by atoms with Crippen molar-refractivity contribution >= 4 is 22.6 Å². The fraction of sp³-hybridized carbons (Fsp3) is 0.200. The highest BCUT2D eigenvalue weighted by atomic mass is 127. The fourth-order valence-corrected chi connectivity index (χ4v) is 1.88. The molecule has 1 aromatic heterocycles. The fourth-order valence-electron chi connectivity index (χ4n) is 1.24. The first-order valence-corrected chi connectivity index (χ1v) is 5.69. The SMILES string of the molecule is CC(N)c1cn(-c2ccccc2I)nn1. The highest BCUT2D eigenvalue weighted by molar-refractivity contribution is 14.1. The van der Waals surface area contributed by atoms with E-state index in [9.17, 15) is 0 Å². The third kappa shape index (κ3) is 2.18. The Morgan fingerprint density at radius 2 is 2.13 bits per heavy atom. The van der Waals surface area contributed by atoms with E-state index in [2.05, 4.69) is 32.9 Å². The van der Waals surface area contributed by atoms with Gasteiger partial charge in [-0.3, -0.25) is 0 Å². The predicted octanol–water partition coefficient (Wildman–Crippen LogP) is 1.89. The zero-order chi connectivity index (χ0) is 10.8. The number of nitrogens with zero attached hydrogens (tertiary/aromatic N) is 3. The molecule has 1 atom stereocenters. The first-order chi connectivity index (χ1) is 7.18. The minimum atomic E-state index is -0.0832. The molecule has 78 valence electrons. The summed E-state index contributed by atoms with van der Waals surface area (Å²) in [6.07, 6.45) is 1.86. The van der Waals surface area contributed by atoms with Crippen LogP contribution in [0.4, 0.5) is 0 Å². The third-order valence-electron chi connectivity index (χ3n) is 2.08. The lowest BCUT2D eigenvalue weighted by atomic mass is 10.3. The minimum Gasteiger partial charge on any atom is -0.323 e. The molecule has 5 heteroatoms. The highest BCUT2D eigenvalue weighted by Crippen LogP contribution is 2.16. The normalized spacial score (nSPS) is 12.7. The molecule has 15 heavy (non-hydrogen) atoms. The Morgan fingerprint density at radius 1 is 1.40 bits per heavy atom. The molecule has 4 nitrogen and oxygen atoms in total. The maximum Gasteiger partial charge on any atom is 0.0995 e. The van der Waals surface area contributed by atoms with Gasteiger partial charge in [0.15, 0.2) is 0 Å². The Morgan fingerprint density at radius 3 is 2.73 bits per heavy atom. The molecule has 1 unspecified atom stereocenters. The van der Waals surface area contributed by atoms with Crippen molar-refractivity contribution < 1.29 is 0 Å². The summed E-state index contributed by atoms with van der Waals surface area (Å²) >= 11 is 2.27. The average Bonchev–Trinajstić information content (AvgIpc) is 2.67. The van der Waals surface area contributed by atoms with E-state index in [0.29, 0.717) is 0 Å². The summed E-state index contributed by atoms with van der Waals surface area (Å²) < 4.78 is 2.89.